The number of rotatable bonds is 4. The number of hydrogen-bond acceptors (Lipinski definition) is 3. The Balaban J connectivity index is 1.91. The number of carboxylic acid groups (broad SMARTS) is 1. The Bertz CT molecular complexity index is 497. The van der Waals surface area contributed by atoms with Crippen molar-refractivity contribution in [1.29, 1.82) is 0 Å². The van der Waals surface area contributed by atoms with Gasteiger partial charge in [-0.05, 0) is 32.3 Å². The maximum atomic E-state index is 12.0. The summed E-state index contributed by atoms with van der Waals surface area (Å²) in [5, 5.41) is 11.7. The van der Waals surface area contributed by atoms with E-state index in [0.717, 1.165) is 11.1 Å². The molecule has 3 atom stereocenters. The van der Waals surface area contributed by atoms with Crippen molar-refractivity contribution in [3.63, 3.8) is 0 Å². The lowest BCUT2D eigenvalue weighted by atomic mass is 10.1. The molecule has 0 spiro atoms. The Morgan fingerprint density at radius 3 is 2.40 bits per heavy atom. The summed E-state index contributed by atoms with van der Waals surface area (Å²) in [6.45, 7) is 3.90. The quantitative estimate of drug-likeness (QED) is 0.880. The number of benzene rings is 1. The molecule has 0 aliphatic carbocycles. The topological polar surface area (TPSA) is 75.6 Å². The van der Waals surface area contributed by atoms with E-state index in [1.54, 1.807) is 0 Å². The predicted octanol–water partition coefficient (Wildman–Crippen LogP) is 1.80. The summed E-state index contributed by atoms with van der Waals surface area (Å²) in [5.41, 5.74) is 2.17. The average molecular weight is 277 g/mol. The molecule has 2 rings (SSSR count). The van der Waals surface area contributed by atoms with Crippen molar-refractivity contribution in [3.8, 4) is 0 Å². The molecule has 5 heteroatoms. The molecule has 0 unspecified atom stereocenters. The zero-order valence-corrected chi connectivity index (χ0v) is 11.6. The van der Waals surface area contributed by atoms with Gasteiger partial charge in [0.15, 0.2) is 6.10 Å². The molecule has 1 fully saturated rings. The maximum absolute atomic E-state index is 12.0. The van der Waals surface area contributed by atoms with Crippen molar-refractivity contribution in [2.75, 3.05) is 0 Å². The van der Waals surface area contributed by atoms with Crippen LogP contribution in [-0.4, -0.2) is 29.2 Å². The van der Waals surface area contributed by atoms with Crippen molar-refractivity contribution in [2.45, 2.75) is 44.9 Å². The van der Waals surface area contributed by atoms with Crippen LogP contribution in [0, 0.1) is 6.92 Å². The van der Waals surface area contributed by atoms with Crippen LogP contribution in [0.15, 0.2) is 24.3 Å². The van der Waals surface area contributed by atoms with Gasteiger partial charge in [-0.2, -0.15) is 0 Å². The first-order valence-corrected chi connectivity index (χ1v) is 6.72. The first kappa shape index (κ1) is 14.5. The van der Waals surface area contributed by atoms with E-state index in [1.807, 2.05) is 38.1 Å². The number of aliphatic carboxylic acids is 1. The highest BCUT2D eigenvalue weighted by Crippen LogP contribution is 2.21. The number of carbonyl (C=O) groups is 2. The van der Waals surface area contributed by atoms with E-state index in [-0.39, 0.29) is 11.9 Å². The summed E-state index contributed by atoms with van der Waals surface area (Å²) in [7, 11) is 0. The third kappa shape index (κ3) is 3.36. The lowest BCUT2D eigenvalue weighted by molar-refractivity contribution is -0.151. The van der Waals surface area contributed by atoms with Crippen molar-refractivity contribution >= 4 is 11.9 Å². The number of amides is 1. The van der Waals surface area contributed by atoms with Crippen LogP contribution >= 0.6 is 0 Å². The Morgan fingerprint density at radius 2 is 1.85 bits per heavy atom. The lowest BCUT2D eigenvalue weighted by Gasteiger charge is -2.17. The van der Waals surface area contributed by atoms with E-state index in [2.05, 4.69) is 5.32 Å². The van der Waals surface area contributed by atoms with Crippen molar-refractivity contribution in [2.24, 2.45) is 0 Å². The molecule has 108 valence electrons. The largest absolute Gasteiger partial charge is 0.479 e. The Kier molecular flexibility index (Phi) is 4.39. The molecule has 1 aliphatic heterocycles. The minimum atomic E-state index is -1.01. The third-order valence-electron chi connectivity index (χ3n) is 3.52. The second-order valence-electron chi connectivity index (χ2n) is 5.17. The minimum absolute atomic E-state index is 0.129. The van der Waals surface area contributed by atoms with Gasteiger partial charge in [0.25, 0.3) is 0 Å². The van der Waals surface area contributed by atoms with Gasteiger partial charge in [0.1, 0.15) is 6.10 Å². The smallest absolute Gasteiger partial charge is 0.332 e. The van der Waals surface area contributed by atoms with E-state index in [9.17, 15) is 9.59 Å². The van der Waals surface area contributed by atoms with Gasteiger partial charge in [0.05, 0.1) is 6.04 Å². The third-order valence-corrected chi connectivity index (χ3v) is 3.52. The number of ether oxygens (including phenoxy) is 1. The summed E-state index contributed by atoms with van der Waals surface area (Å²) in [6.07, 6.45) is -0.695. The minimum Gasteiger partial charge on any atom is -0.479 e. The Morgan fingerprint density at radius 1 is 1.25 bits per heavy atom. The number of carboxylic acids is 1. The van der Waals surface area contributed by atoms with Crippen molar-refractivity contribution in [1.82, 2.24) is 5.32 Å². The highest BCUT2D eigenvalue weighted by atomic mass is 16.5. The Labute approximate surface area is 117 Å². The standard InChI is InChI=1S/C15H19NO4/c1-9-3-5-11(6-4-9)10(2)16-14(17)12-7-8-13(20-12)15(18)19/h3-6,10,12-13H,7-8H2,1-2H3,(H,16,17)(H,18,19)/t10-,12-,13+/m0/s1. The van der Waals surface area contributed by atoms with Gasteiger partial charge in [0, 0.05) is 0 Å². The summed E-state index contributed by atoms with van der Waals surface area (Å²) < 4.78 is 5.23. The van der Waals surface area contributed by atoms with Crippen LogP contribution in [-0.2, 0) is 14.3 Å². The molecule has 1 saturated heterocycles. The molecule has 5 nitrogen and oxygen atoms in total. The van der Waals surface area contributed by atoms with E-state index < -0.39 is 18.2 Å². The van der Waals surface area contributed by atoms with Gasteiger partial charge in [-0.25, -0.2) is 4.79 Å². The fraction of sp³-hybridized carbons (Fsp3) is 0.467. The van der Waals surface area contributed by atoms with Crippen LogP contribution < -0.4 is 5.32 Å². The van der Waals surface area contributed by atoms with Crippen molar-refractivity contribution in [3.05, 3.63) is 35.4 Å². The second-order valence-corrected chi connectivity index (χ2v) is 5.17. The van der Waals surface area contributed by atoms with E-state index in [0.29, 0.717) is 12.8 Å². The van der Waals surface area contributed by atoms with Crippen LogP contribution in [0.3, 0.4) is 0 Å². The predicted molar refractivity (Wildman–Crippen MR) is 73.3 cm³/mol. The normalized spacial score (nSPS) is 23.3. The molecule has 1 heterocycles. The van der Waals surface area contributed by atoms with Gasteiger partial charge in [-0.3, -0.25) is 4.79 Å². The fourth-order valence-corrected chi connectivity index (χ4v) is 2.26. The van der Waals surface area contributed by atoms with Crippen LogP contribution in [0.25, 0.3) is 0 Å². The number of hydrogen-bond donors (Lipinski definition) is 2. The molecule has 1 aliphatic rings. The molecule has 0 aromatic heterocycles. The molecular weight excluding hydrogens is 258 g/mol. The van der Waals surface area contributed by atoms with Gasteiger partial charge < -0.3 is 15.2 Å². The number of nitrogens with one attached hydrogen (secondary N) is 1. The zero-order chi connectivity index (χ0) is 14.7. The summed E-state index contributed by atoms with van der Waals surface area (Å²) in [4.78, 5) is 22.8. The number of carbonyl (C=O) groups excluding carboxylic acids is 1. The molecule has 2 N–H and O–H groups in total. The Hall–Kier alpha value is -1.88. The first-order chi connectivity index (χ1) is 9.47. The fourth-order valence-electron chi connectivity index (χ4n) is 2.26. The molecule has 1 amide bonds. The van der Waals surface area contributed by atoms with Gasteiger partial charge >= 0.3 is 5.97 Å². The molecule has 1 aromatic rings. The highest BCUT2D eigenvalue weighted by Gasteiger charge is 2.35. The summed E-state index contributed by atoms with van der Waals surface area (Å²) in [6, 6.07) is 7.79. The zero-order valence-electron chi connectivity index (χ0n) is 11.6. The monoisotopic (exact) mass is 277 g/mol. The van der Waals surface area contributed by atoms with Crippen LogP contribution in [0.2, 0.25) is 0 Å². The highest BCUT2D eigenvalue weighted by molar-refractivity contribution is 5.83. The SMILES string of the molecule is Cc1ccc([C@H](C)NC(=O)[C@@H]2CC[C@H](C(=O)O)O2)cc1. The van der Waals surface area contributed by atoms with Crippen LogP contribution in [0.4, 0.5) is 0 Å². The second kappa shape index (κ2) is 6.05. The lowest BCUT2D eigenvalue weighted by Crippen LogP contribution is -2.37. The van der Waals surface area contributed by atoms with Crippen LogP contribution in [0.1, 0.15) is 36.9 Å². The molecule has 0 saturated carbocycles. The van der Waals surface area contributed by atoms with E-state index >= 15 is 0 Å². The van der Waals surface area contributed by atoms with Crippen LogP contribution in [0.5, 0.6) is 0 Å². The molecule has 0 radical (unpaired) electrons. The van der Waals surface area contributed by atoms with Gasteiger partial charge in [-0.1, -0.05) is 29.8 Å². The van der Waals surface area contributed by atoms with Crippen molar-refractivity contribution < 1.29 is 19.4 Å². The van der Waals surface area contributed by atoms with Gasteiger partial charge in [-0.15, -0.1) is 0 Å². The summed E-state index contributed by atoms with van der Waals surface area (Å²) in [5.74, 6) is -1.26. The first-order valence-electron chi connectivity index (χ1n) is 6.72. The molecule has 1 aromatic carbocycles. The average Bonchev–Trinajstić information content (AvgIpc) is 2.89. The molecular formula is C15H19NO4. The van der Waals surface area contributed by atoms with Gasteiger partial charge in [0.2, 0.25) is 5.91 Å². The maximum Gasteiger partial charge on any atom is 0.332 e. The van der Waals surface area contributed by atoms with E-state index in [4.69, 9.17) is 9.84 Å². The summed E-state index contributed by atoms with van der Waals surface area (Å²) >= 11 is 0. The molecule has 0 bridgehead atoms. The van der Waals surface area contributed by atoms with E-state index in [1.165, 1.54) is 0 Å². The number of aryl methyl sites for hydroxylation is 1. The molecule has 20 heavy (non-hydrogen) atoms.